The molecule has 0 radical (unpaired) electrons. The number of aromatic amines is 1. The summed E-state index contributed by atoms with van der Waals surface area (Å²) in [7, 11) is 0. The Balaban J connectivity index is 1.89. The molecule has 0 aliphatic heterocycles. The van der Waals surface area contributed by atoms with Crippen LogP contribution in [0.5, 0.6) is 0 Å². The number of nitrogens with one attached hydrogen (secondary N) is 2. The molecule has 3 rings (SSSR count). The Bertz CT molecular complexity index is 992. The summed E-state index contributed by atoms with van der Waals surface area (Å²) in [6, 6.07) is 12.2. The minimum atomic E-state index is -0.248. The first-order valence-corrected chi connectivity index (χ1v) is 7.69. The van der Waals surface area contributed by atoms with Crippen LogP contribution in [0.15, 0.2) is 53.6 Å². The lowest BCUT2D eigenvalue weighted by molar-refractivity contribution is -0.115. The van der Waals surface area contributed by atoms with Gasteiger partial charge in [0.05, 0.1) is 29.1 Å². The average molecular weight is 333 g/mol. The molecule has 0 saturated carbocycles. The van der Waals surface area contributed by atoms with E-state index in [2.05, 4.69) is 15.4 Å². The largest absolute Gasteiger partial charge is 0.325 e. The molecule has 2 N–H and O–H groups in total. The van der Waals surface area contributed by atoms with Crippen LogP contribution in [0.4, 0.5) is 5.69 Å². The van der Waals surface area contributed by atoms with Gasteiger partial charge in [0.2, 0.25) is 5.91 Å². The number of nitriles is 1. The first-order valence-electron chi connectivity index (χ1n) is 7.69. The van der Waals surface area contributed by atoms with Crippen LogP contribution < -0.4 is 10.9 Å². The number of carbonyl (C=O) groups is 1. The zero-order valence-electron chi connectivity index (χ0n) is 13.5. The van der Waals surface area contributed by atoms with Gasteiger partial charge in [-0.05, 0) is 29.8 Å². The third-order valence-corrected chi connectivity index (χ3v) is 3.68. The van der Waals surface area contributed by atoms with Crippen LogP contribution >= 0.6 is 0 Å². The van der Waals surface area contributed by atoms with Gasteiger partial charge in [0.25, 0.3) is 5.56 Å². The Morgan fingerprint density at radius 2 is 2.04 bits per heavy atom. The molecule has 124 valence electrons. The number of aromatic nitrogens is 3. The maximum atomic E-state index is 12.6. The van der Waals surface area contributed by atoms with E-state index in [4.69, 9.17) is 5.26 Å². The lowest BCUT2D eigenvalue weighted by atomic mass is 10.1. The average Bonchev–Trinajstić information content (AvgIpc) is 3.04. The first-order chi connectivity index (χ1) is 12.1. The fraction of sp³-hybridized carbons (Fsp3) is 0.111. The molecule has 0 spiro atoms. The summed E-state index contributed by atoms with van der Waals surface area (Å²) in [5.41, 5.74) is 2.05. The van der Waals surface area contributed by atoms with Crippen molar-refractivity contribution in [2.45, 2.75) is 13.3 Å². The number of amides is 1. The molecule has 0 fully saturated rings. The summed E-state index contributed by atoms with van der Waals surface area (Å²) in [6.45, 7) is 1.76. The van der Waals surface area contributed by atoms with Gasteiger partial charge in [-0.15, -0.1) is 0 Å². The van der Waals surface area contributed by atoms with Crippen LogP contribution in [0.1, 0.15) is 18.9 Å². The lowest BCUT2D eigenvalue weighted by Crippen LogP contribution is -2.17. The summed E-state index contributed by atoms with van der Waals surface area (Å²) in [6.07, 6.45) is 3.47. The monoisotopic (exact) mass is 333 g/mol. The van der Waals surface area contributed by atoms with Gasteiger partial charge < -0.3 is 5.32 Å². The molecule has 0 bridgehead atoms. The van der Waals surface area contributed by atoms with E-state index < -0.39 is 0 Å². The second kappa shape index (κ2) is 6.84. The summed E-state index contributed by atoms with van der Waals surface area (Å²) in [4.78, 5) is 28.2. The van der Waals surface area contributed by atoms with E-state index in [0.717, 1.165) is 0 Å². The van der Waals surface area contributed by atoms with Gasteiger partial charge in [-0.25, -0.2) is 9.67 Å². The summed E-state index contributed by atoms with van der Waals surface area (Å²) >= 11 is 0. The van der Waals surface area contributed by atoms with Gasteiger partial charge in [0.15, 0.2) is 5.82 Å². The molecular weight excluding hydrogens is 318 g/mol. The van der Waals surface area contributed by atoms with Crippen molar-refractivity contribution in [3.63, 3.8) is 0 Å². The van der Waals surface area contributed by atoms with Crippen LogP contribution in [-0.4, -0.2) is 20.7 Å². The zero-order chi connectivity index (χ0) is 17.8. The standard InChI is InChI=1S/C18H15N5O2/c1-2-17(24)22-14-7-8-16(20-10-14)23-18(25)15(11-21-23)13-5-3-12(9-19)4-6-13/h3-8,10-11,21H,2H2,1H3,(H,22,24). The Labute approximate surface area is 143 Å². The van der Waals surface area contributed by atoms with Gasteiger partial charge in [-0.3, -0.25) is 14.7 Å². The zero-order valence-corrected chi connectivity index (χ0v) is 13.5. The minimum absolute atomic E-state index is 0.102. The Morgan fingerprint density at radius 1 is 1.28 bits per heavy atom. The van der Waals surface area contributed by atoms with E-state index in [1.165, 1.54) is 10.9 Å². The minimum Gasteiger partial charge on any atom is -0.325 e. The van der Waals surface area contributed by atoms with Gasteiger partial charge in [-0.1, -0.05) is 19.1 Å². The highest BCUT2D eigenvalue weighted by molar-refractivity contribution is 5.90. The molecule has 0 aliphatic rings. The quantitative estimate of drug-likeness (QED) is 0.765. The van der Waals surface area contributed by atoms with E-state index in [9.17, 15) is 9.59 Å². The van der Waals surface area contributed by atoms with Crippen LogP contribution in [0.2, 0.25) is 0 Å². The number of H-pyrrole nitrogens is 1. The topological polar surface area (TPSA) is 104 Å². The van der Waals surface area contributed by atoms with Crippen molar-refractivity contribution >= 4 is 11.6 Å². The number of benzene rings is 1. The number of hydrogen-bond donors (Lipinski definition) is 2. The number of carbonyl (C=O) groups excluding carboxylic acids is 1. The number of rotatable bonds is 4. The van der Waals surface area contributed by atoms with Crippen molar-refractivity contribution in [2.75, 3.05) is 5.32 Å². The van der Waals surface area contributed by atoms with Crippen molar-refractivity contribution in [3.05, 3.63) is 64.7 Å². The maximum absolute atomic E-state index is 12.6. The van der Waals surface area contributed by atoms with Gasteiger partial charge in [-0.2, -0.15) is 5.26 Å². The lowest BCUT2D eigenvalue weighted by Gasteiger charge is -2.04. The molecule has 25 heavy (non-hydrogen) atoms. The third-order valence-electron chi connectivity index (χ3n) is 3.68. The van der Waals surface area contributed by atoms with Gasteiger partial charge in [0, 0.05) is 12.6 Å². The van der Waals surface area contributed by atoms with E-state index in [-0.39, 0.29) is 11.5 Å². The van der Waals surface area contributed by atoms with Crippen LogP contribution in [0.3, 0.4) is 0 Å². The van der Waals surface area contributed by atoms with Crippen molar-refractivity contribution in [1.29, 1.82) is 5.26 Å². The van der Waals surface area contributed by atoms with Crippen molar-refractivity contribution in [1.82, 2.24) is 14.8 Å². The molecule has 0 atom stereocenters. The fourth-order valence-electron chi connectivity index (χ4n) is 2.31. The van der Waals surface area contributed by atoms with Gasteiger partial charge >= 0.3 is 0 Å². The highest BCUT2D eigenvalue weighted by Crippen LogP contribution is 2.16. The molecule has 3 aromatic rings. The second-order valence-corrected chi connectivity index (χ2v) is 5.32. The predicted octanol–water partition coefficient (Wildman–Crippen LogP) is 2.45. The predicted molar refractivity (Wildman–Crippen MR) is 93.3 cm³/mol. The maximum Gasteiger partial charge on any atom is 0.280 e. The molecule has 1 aromatic carbocycles. The SMILES string of the molecule is CCC(=O)Nc1ccc(-n2[nH]cc(-c3ccc(C#N)cc3)c2=O)nc1. The van der Waals surface area contributed by atoms with E-state index >= 15 is 0 Å². The number of pyridine rings is 1. The van der Waals surface area contributed by atoms with Crippen LogP contribution in [0.25, 0.3) is 16.9 Å². The summed E-state index contributed by atoms with van der Waals surface area (Å²) in [5.74, 6) is 0.314. The van der Waals surface area contributed by atoms with Crippen LogP contribution in [-0.2, 0) is 4.79 Å². The van der Waals surface area contributed by atoms with Crippen molar-refractivity contribution < 1.29 is 4.79 Å². The smallest absolute Gasteiger partial charge is 0.280 e. The summed E-state index contributed by atoms with van der Waals surface area (Å²) in [5, 5.41) is 14.4. The first kappa shape index (κ1) is 16.2. The molecule has 2 aromatic heterocycles. The summed E-state index contributed by atoms with van der Waals surface area (Å²) < 4.78 is 1.32. The van der Waals surface area contributed by atoms with Crippen molar-refractivity contribution in [3.8, 4) is 23.0 Å². The van der Waals surface area contributed by atoms with E-state index in [0.29, 0.717) is 34.6 Å². The molecular formula is C18H15N5O2. The molecule has 1 amide bonds. The fourth-order valence-corrected chi connectivity index (χ4v) is 2.31. The Kier molecular flexibility index (Phi) is 4.44. The molecule has 0 saturated heterocycles. The second-order valence-electron chi connectivity index (χ2n) is 5.32. The Hall–Kier alpha value is -3.66. The van der Waals surface area contributed by atoms with E-state index in [1.54, 1.807) is 49.5 Å². The number of anilines is 1. The van der Waals surface area contributed by atoms with Crippen molar-refractivity contribution in [2.24, 2.45) is 0 Å². The van der Waals surface area contributed by atoms with Crippen LogP contribution in [0, 0.1) is 11.3 Å². The molecule has 7 heteroatoms. The normalized spacial score (nSPS) is 10.2. The molecule has 0 aliphatic carbocycles. The molecule has 2 heterocycles. The highest BCUT2D eigenvalue weighted by Gasteiger charge is 2.11. The van der Waals surface area contributed by atoms with E-state index in [1.807, 2.05) is 6.07 Å². The molecule has 0 unspecified atom stereocenters. The number of nitrogens with zero attached hydrogens (tertiary/aromatic N) is 3. The Morgan fingerprint density at radius 3 is 2.64 bits per heavy atom. The third kappa shape index (κ3) is 3.33. The molecule has 7 nitrogen and oxygen atoms in total. The highest BCUT2D eigenvalue weighted by atomic mass is 16.1. The number of hydrogen-bond acceptors (Lipinski definition) is 4. The van der Waals surface area contributed by atoms with Gasteiger partial charge in [0.1, 0.15) is 0 Å².